The highest BCUT2D eigenvalue weighted by Gasteiger charge is 2.37. The molecule has 1 aromatic carbocycles. The van der Waals surface area contributed by atoms with E-state index >= 15 is 0 Å². The van der Waals surface area contributed by atoms with Gasteiger partial charge in [-0.1, -0.05) is 30.3 Å². The van der Waals surface area contributed by atoms with Crippen LogP contribution in [0.25, 0.3) is 0 Å². The zero-order valence-corrected chi connectivity index (χ0v) is 17.3. The van der Waals surface area contributed by atoms with Crippen LogP contribution in [0.4, 0.5) is 18.0 Å². The van der Waals surface area contributed by atoms with Gasteiger partial charge in [0.2, 0.25) is 0 Å². The highest BCUT2D eigenvalue weighted by Crippen LogP contribution is 2.30. The Morgan fingerprint density at radius 3 is 2.40 bits per heavy atom. The van der Waals surface area contributed by atoms with Crippen molar-refractivity contribution in [3.63, 3.8) is 0 Å². The minimum Gasteiger partial charge on any atom is -0.356 e. The Labute approximate surface area is 176 Å². The maximum absolute atomic E-state index is 12.7. The van der Waals surface area contributed by atoms with Gasteiger partial charge in [0, 0.05) is 18.0 Å². The lowest BCUT2D eigenvalue weighted by Gasteiger charge is -2.33. The summed E-state index contributed by atoms with van der Waals surface area (Å²) in [7, 11) is 0. The first-order chi connectivity index (χ1) is 14.2. The van der Waals surface area contributed by atoms with Crippen molar-refractivity contribution < 1.29 is 27.5 Å². The molecule has 1 N–H and O–H groups in total. The molecule has 0 bridgehead atoms. The van der Waals surface area contributed by atoms with Gasteiger partial charge in [0.1, 0.15) is 0 Å². The fourth-order valence-electron chi connectivity index (χ4n) is 3.60. The molecule has 0 saturated carbocycles. The van der Waals surface area contributed by atoms with E-state index in [-0.39, 0.29) is 31.0 Å². The fourth-order valence-corrected chi connectivity index (χ4v) is 4.37. The lowest BCUT2D eigenvalue weighted by molar-refractivity contribution is -0.295. The lowest BCUT2D eigenvalue weighted by Crippen LogP contribution is -2.41. The third-order valence-corrected chi connectivity index (χ3v) is 6.12. The molecule has 2 heterocycles. The number of amides is 2. The van der Waals surface area contributed by atoms with Crippen molar-refractivity contribution in [1.82, 2.24) is 10.2 Å². The van der Waals surface area contributed by atoms with Crippen molar-refractivity contribution in [3.05, 3.63) is 57.8 Å². The summed E-state index contributed by atoms with van der Waals surface area (Å²) in [4.78, 5) is 27.0. The number of nitrogens with zero attached hydrogens (tertiary/aromatic N) is 1. The molecule has 1 unspecified atom stereocenters. The first-order valence-electron chi connectivity index (χ1n) is 9.68. The number of halogens is 3. The van der Waals surface area contributed by atoms with Crippen LogP contribution in [0.3, 0.4) is 0 Å². The van der Waals surface area contributed by atoms with E-state index < -0.39 is 12.5 Å². The minimum atomic E-state index is -4.98. The summed E-state index contributed by atoms with van der Waals surface area (Å²) in [5.41, 5.74) is 0.970. The number of hydrogen-bond acceptors (Lipinski definition) is 4. The average Bonchev–Trinajstić information content (AvgIpc) is 3.14. The predicted octanol–water partition coefficient (Wildman–Crippen LogP) is 5.29. The smallest absolute Gasteiger partial charge is 0.356 e. The Kier molecular flexibility index (Phi) is 7.02. The molecule has 5 nitrogen and oxygen atoms in total. The number of benzene rings is 1. The Morgan fingerprint density at radius 2 is 1.83 bits per heavy atom. The molecular weight excluding hydrogens is 417 g/mol. The third-order valence-electron chi connectivity index (χ3n) is 5.12. The Hall–Kier alpha value is -2.55. The molecular formula is C21H23F3N2O3S. The molecule has 9 heteroatoms. The van der Waals surface area contributed by atoms with Gasteiger partial charge in [-0.05, 0) is 49.8 Å². The Bertz CT molecular complexity index is 862. The van der Waals surface area contributed by atoms with Gasteiger partial charge in [-0.15, -0.1) is 24.5 Å². The molecule has 1 aromatic heterocycles. The number of likely N-dealkylation sites (tertiary alicyclic amines) is 1. The van der Waals surface area contributed by atoms with E-state index in [9.17, 15) is 22.8 Å². The number of aryl methyl sites for hydroxylation is 1. The molecule has 1 aliphatic heterocycles. The van der Waals surface area contributed by atoms with Crippen molar-refractivity contribution in [2.75, 3.05) is 13.1 Å². The zero-order valence-electron chi connectivity index (χ0n) is 16.4. The number of thiophene rings is 1. The number of hydrogen-bond donors (Lipinski definition) is 1. The maximum Gasteiger partial charge on any atom is 0.576 e. The second kappa shape index (κ2) is 9.51. The summed E-state index contributed by atoms with van der Waals surface area (Å²) in [6.07, 6.45) is -4.60. The number of piperidine rings is 1. The van der Waals surface area contributed by atoms with E-state index in [0.717, 1.165) is 15.3 Å². The zero-order chi connectivity index (χ0) is 21.7. The molecule has 2 aromatic rings. The van der Waals surface area contributed by atoms with Crippen LogP contribution in [-0.4, -0.2) is 36.4 Å². The Balaban J connectivity index is 1.62. The quantitative estimate of drug-likeness (QED) is 0.688. The first-order valence-corrected chi connectivity index (χ1v) is 10.5. The third kappa shape index (κ3) is 6.22. The monoisotopic (exact) mass is 440 g/mol. The van der Waals surface area contributed by atoms with Crippen LogP contribution in [0.5, 0.6) is 0 Å². The number of ether oxygens (including phenoxy) is 1. The van der Waals surface area contributed by atoms with E-state index in [1.165, 1.54) is 11.3 Å². The van der Waals surface area contributed by atoms with E-state index in [1.54, 1.807) is 6.07 Å². The van der Waals surface area contributed by atoms with Crippen LogP contribution in [-0.2, 0) is 4.74 Å². The predicted molar refractivity (Wildman–Crippen MR) is 107 cm³/mol. The molecule has 1 aliphatic rings. The second-order valence-corrected chi connectivity index (χ2v) is 8.61. The number of carbonyl (C=O) groups is 2. The highest BCUT2D eigenvalue weighted by atomic mass is 32.1. The topological polar surface area (TPSA) is 58.6 Å². The van der Waals surface area contributed by atoms with Gasteiger partial charge in [-0.3, -0.25) is 4.79 Å². The second-order valence-electron chi connectivity index (χ2n) is 7.33. The maximum atomic E-state index is 12.7. The SMILES string of the molecule is Cc1ccc(C(=O)NC(CC2CCN(C(=O)OC(F)(F)F)CC2)c2ccccc2)s1. The van der Waals surface area contributed by atoms with E-state index in [2.05, 4.69) is 10.1 Å². The highest BCUT2D eigenvalue weighted by molar-refractivity contribution is 7.13. The standard InChI is InChI=1S/C21H23F3N2O3S/c1-14-7-8-18(30-14)19(27)25-17(16-5-3-2-4-6-16)13-15-9-11-26(12-10-15)20(28)29-21(22,23)24/h2-8,15,17H,9-13H2,1H3,(H,25,27). The molecule has 3 rings (SSSR count). The molecule has 30 heavy (non-hydrogen) atoms. The summed E-state index contributed by atoms with van der Waals surface area (Å²) in [5.74, 6) is 0.0173. The summed E-state index contributed by atoms with van der Waals surface area (Å²) in [6.45, 7) is 2.33. The van der Waals surface area contributed by atoms with Crippen LogP contribution in [0.15, 0.2) is 42.5 Å². The summed E-state index contributed by atoms with van der Waals surface area (Å²) < 4.78 is 40.3. The fraction of sp³-hybridized carbons (Fsp3) is 0.429. The van der Waals surface area contributed by atoms with E-state index in [1.807, 2.05) is 43.3 Å². The summed E-state index contributed by atoms with van der Waals surface area (Å²) >= 11 is 1.43. The van der Waals surface area contributed by atoms with E-state index in [0.29, 0.717) is 24.1 Å². The first kappa shape index (κ1) is 22.1. The van der Waals surface area contributed by atoms with Crippen molar-refractivity contribution in [2.45, 2.75) is 38.6 Å². The van der Waals surface area contributed by atoms with Crippen molar-refractivity contribution >= 4 is 23.3 Å². The molecule has 0 spiro atoms. The molecule has 2 amide bonds. The molecule has 0 radical (unpaired) electrons. The number of carbonyl (C=O) groups excluding carboxylic acids is 2. The van der Waals surface area contributed by atoms with Crippen LogP contribution in [0.1, 0.15) is 45.4 Å². The van der Waals surface area contributed by atoms with Gasteiger partial charge < -0.3 is 15.0 Å². The number of rotatable bonds is 5. The summed E-state index contributed by atoms with van der Waals surface area (Å²) in [6, 6.07) is 13.1. The molecule has 1 fully saturated rings. The number of alkyl halides is 3. The van der Waals surface area contributed by atoms with Gasteiger partial charge in [0.15, 0.2) is 0 Å². The molecule has 1 saturated heterocycles. The largest absolute Gasteiger partial charge is 0.576 e. The van der Waals surface area contributed by atoms with Gasteiger partial charge in [0.05, 0.1) is 10.9 Å². The normalized spacial score (nSPS) is 16.2. The van der Waals surface area contributed by atoms with Crippen LogP contribution >= 0.6 is 11.3 Å². The van der Waals surface area contributed by atoms with Crippen LogP contribution in [0.2, 0.25) is 0 Å². The van der Waals surface area contributed by atoms with Crippen molar-refractivity contribution in [3.8, 4) is 0 Å². The minimum absolute atomic E-state index is 0.145. The van der Waals surface area contributed by atoms with Gasteiger partial charge >= 0.3 is 12.5 Å². The molecule has 0 aliphatic carbocycles. The average molecular weight is 440 g/mol. The lowest BCUT2D eigenvalue weighted by atomic mass is 9.87. The number of nitrogens with one attached hydrogen (secondary N) is 1. The molecule has 162 valence electrons. The molecule has 1 atom stereocenters. The summed E-state index contributed by atoms with van der Waals surface area (Å²) in [5, 5.41) is 3.09. The van der Waals surface area contributed by atoms with Crippen LogP contribution in [0, 0.1) is 12.8 Å². The van der Waals surface area contributed by atoms with E-state index in [4.69, 9.17) is 0 Å². The Morgan fingerprint density at radius 1 is 1.17 bits per heavy atom. The van der Waals surface area contributed by atoms with Gasteiger partial charge in [-0.25, -0.2) is 4.79 Å². The van der Waals surface area contributed by atoms with Gasteiger partial charge in [-0.2, -0.15) is 0 Å². The van der Waals surface area contributed by atoms with Crippen LogP contribution < -0.4 is 5.32 Å². The van der Waals surface area contributed by atoms with Gasteiger partial charge in [0.25, 0.3) is 5.91 Å². The van der Waals surface area contributed by atoms with Crippen molar-refractivity contribution in [1.29, 1.82) is 0 Å². The van der Waals surface area contributed by atoms with Crippen molar-refractivity contribution in [2.24, 2.45) is 5.92 Å².